The van der Waals surface area contributed by atoms with Gasteiger partial charge in [0.1, 0.15) is 5.15 Å². The Labute approximate surface area is 199 Å². The number of imide groups is 1. The SMILES string of the molecule is O=C1NC(=O)C(c2c(Cl)n(C3C=C[C@H](Cl)CC3)c3ccccc23)=C1c1c[nH]c2ccccc12. The van der Waals surface area contributed by atoms with Crippen molar-refractivity contribution in [1.29, 1.82) is 0 Å². The number of nitrogens with zero attached hydrogens (tertiary/aromatic N) is 1. The monoisotopic (exact) mass is 475 g/mol. The van der Waals surface area contributed by atoms with E-state index in [1.165, 1.54) is 0 Å². The van der Waals surface area contributed by atoms with Crippen LogP contribution in [0.15, 0.2) is 66.9 Å². The number of carbonyl (C=O) groups is 2. The highest BCUT2D eigenvalue weighted by atomic mass is 35.5. The molecule has 1 unspecified atom stereocenters. The smallest absolute Gasteiger partial charge is 0.259 e. The summed E-state index contributed by atoms with van der Waals surface area (Å²) in [6.07, 6.45) is 7.50. The molecule has 2 aliphatic rings. The fourth-order valence-electron chi connectivity index (χ4n) is 5.01. The van der Waals surface area contributed by atoms with Crippen LogP contribution in [-0.2, 0) is 9.59 Å². The molecule has 2 amide bonds. The number of benzene rings is 2. The van der Waals surface area contributed by atoms with Crippen LogP contribution in [0.4, 0.5) is 0 Å². The first-order chi connectivity index (χ1) is 16.0. The number of H-pyrrole nitrogens is 1. The highest BCUT2D eigenvalue weighted by Crippen LogP contribution is 2.44. The standard InChI is InChI=1S/C26H19Cl2N3O2/c27-14-9-11-15(12-10-14)31-20-8-4-2-6-17(20)21(24(31)28)23-22(25(32)30-26(23)33)18-13-29-19-7-3-1-5-16(18)19/h1-9,11,13-15,29H,10,12H2,(H,30,32,33)/t14-,15?/m0/s1. The molecule has 6 rings (SSSR count). The second-order valence-corrected chi connectivity index (χ2v) is 9.30. The fourth-order valence-corrected chi connectivity index (χ4v) is 5.63. The minimum Gasteiger partial charge on any atom is -0.361 e. The predicted octanol–water partition coefficient (Wildman–Crippen LogP) is 5.84. The Bertz CT molecular complexity index is 1530. The third-order valence-electron chi connectivity index (χ3n) is 6.50. The molecule has 0 saturated carbocycles. The Hall–Kier alpha value is -3.28. The van der Waals surface area contributed by atoms with Crippen LogP contribution in [0.3, 0.4) is 0 Å². The van der Waals surface area contributed by atoms with Gasteiger partial charge < -0.3 is 9.55 Å². The van der Waals surface area contributed by atoms with E-state index in [1.54, 1.807) is 6.20 Å². The van der Waals surface area contributed by atoms with E-state index in [0.29, 0.717) is 27.4 Å². The molecule has 164 valence electrons. The van der Waals surface area contributed by atoms with Crippen molar-refractivity contribution in [3.63, 3.8) is 0 Å². The third kappa shape index (κ3) is 3.07. The lowest BCUT2D eigenvalue weighted by Crippen LogP contribution is -2.22. The van der Waals surface area contributed by atoms with Gasteiger partial charge in [-0.3, -0.25) is 14.9 Å². The number of halogens is 2. The van der Waals surface area contributed by atoms with Gasteiger partial charge in [-0.25, -0.2) is 0 Å². The van der Waals surface area contributed by atoms with Gasteiger partial charge >= 0.3 is 0 Å². The number of para-hydroxylation sites is 2. The maximum atomic E-state index is 13.2. The summed E-state index contributed by atoms with van der Waals surface area (Å²) in [7, 11) is 0. The number of carbonyl (C=O) groups excluding carboxylic acids is 2. The van der Waals surface area contributed by atoms with Crippen molar-refractivity contribution in [3.8, 4) is 0 Å². The number of hydrogen-bond donors (Lipinski definition) is 2. The molecule has 5 nitrogen and oxygen atoms in total. The maximum absolute atomic E-state index is 13.2. The van der Waals surface area contributed by atoms with E-state index in [0.717, 1.165) is 34.6 Å². The van der Waals surface area contributed by atoms with Crippen molar-refractivity contribution in [2.45, 2.75) is 24.3 Å². The van der Waals surface area contributed by atoms with Crippen molar-refractivity contribution < 1.29 is 9.59 Å². The average Bonchev–Trinajstić information content (AvgIpc) is 3.45. The molecular weight excluding hydrogens is 457 g/mol. The van der Waals surface area contributed by atoms with Gasteiger partial charge in [0.25, 0.3) is 11.8 Å². The molecule has 4 aromatic rings. The fraction of sp³-hybridized carbons (Fsp3) is 0.154. The van der Waals surface area contributed by atoms with Gasteiger partial charge in [0.2, 0.25) is 0 Å². The number of nitrogens with one attached hydrogen (secondary N) is 2. The summed E-state index contributed by atoms with van der Waals surface area (Å²) in [6, 6.07) is 15.5. The molecule has 1 aliphatic heterocycles. The van der Waals surface area contributed by atoms with Crippen LogP contribution in [-0.4, -0.2) is 26.7 Å². The van der Waals surface area contributed by atoms with E-state index in [4.69, 9.17) is 23.2 Å². The lowest BCUT2D eigenvalue weighted by Gasteiger charge is -2.23. The maximum Gasteiger partial charge on any atom is 0.259 e. The van der Waals surface area contributed by atoms with Crippen molar-refractivity contribution in [1.82, 2.24) is 14.9 Å². The average molecular weight is 476 g/mol. The summed E-state index contributed by atoms with van der Waals surface area (Å²) in [5, 5.41) is 4.65. The zero-order valence-electron chi connectivity index (χ0n) is 17.4. The van der Waals surface area contributed by atoms with E-state index in [2.05, 4.69) is 16.4 Å². The van der Waals surface area contributed by atoms with E-state index in [9.17, 15) is 9.59 Å². The Morgan fingerprint density at radius 3 is 2.39 bits per heavy atom. The molecule has 2 aromatic carbocycles. The quantitative estimate of drug-likeness (QED) is 0.222. The van der Waals surface area contributed by atoms with Crippen molar-refractivity contribution in [3.05, 3.63) is 83.2 Å². The molecular formula is C26H19Cl2N3O2. The lowest BCUT2D eigenvalue weighted by atomic mass is 9.95. The Balaban J connectivity index is 1.65. The second-order valence-electron chi connectivity index (χ2n) is 8.38. The number of aromatic amines is 1. The van der Waals surface area contributed by atoms with E-state index >= 15 is 0 Å². The Morgan fingerprint density at radius 2 is 1.61 bits per heavy atom. The van der Waals surface area contributed by atoms with Gasteiger partial charge in [-0.2, -0.15) is 0 Å². The number of allylic oxidation sites excluding steroid dienone is 2. The van der Waals surface area contributed by atoms with E-state index in [-0.39, 0.29) is 11.4 Å². The number of aromatic nitrogens is 2. The number of rotatable bonds is 3. The second kappa shape index (κ2) is 7.65. The van der Waals surface area contributed by atoms with Crippen LogP contribution in [0.1, 0.15) is 30.0 Å². The molecule has 2 N–H and O–H groups in total. The molecule has 0 radical (unpaired) electrons. The first-order valence-electron chi connectivity index (χ1n) is 10.8. The molecule has 7 heteroatoms. The summed E-state index contributed by atoms with van der Waals surface area (Å²) in [6.45, 7) is 0. The summed E-state index contributed by atoms with van der Waals surface area (Å²) < 4.78 is 2.04. The zero-order chi connectivity index (χ0) is 22.7. The molecule has 0 spiro atoms. The number of amides is 2. The van der Waals surface area contributed by atoms with Crippen LogP contribution in [0.25, 0.3) is 33.0 Å². The van der Waals surface area contributed by atoms with Crippen molar-refractivity contribution in [2.24, 2.45) is 0 Å². The molecule has 1 aliphatic carbocycles. The first kappa shape index (κ1) is 20.3. The number of hydrogen-bond acceptors (Lipinski definition) is 2. The summed E-state index contributed by atoms with van der Waals surface area (Å²) in [5.41, 5.74) is 3.71. The van der Waals surface area contributed by atoms with Gasteiger partial charge in [0.05, 0.1) is 28.1 Å². The van der Waals surface area contributed by atoms with Crippen molar-refractivity contribution >= 4 is 68.0 Å². The third-order valence-corrected chi connectivity index (χ3v) is 7.24. The summed E-state index contributed by atoms with van der Waals surface area (Å²) in [5.74, 6) is -0.861. The molecule has 0 saturated heterocycles. The van der Waals surface area contributed by atoms with Crippen LogP contribution >= 0.6 is 23.2 Å². The van der Waals surface area contributed by atoms with Crippen LogP contribution < -0.4 is 5.32 Å². The molecule has 0 fully saturated rings. The summed E-state index contributed by atoms with van der Waals surface area (Å²) >= 11 is 13.3. The molecule has 0 bridgehead atoms. The van der Waals surface area contributed by atoms with Gasteiger partial charge in [-0.15, -0.1) is 11.6 Å². The molecule has 3 heterocycles. The molecule has 2 aromatic heterocycles. The van der Waals surface area contributed by atoms with E-state index < -0.39 is 11.8 Å². The topological polar surface area (TPSA) is 66.9 Å². The van der Waals surface area contributed by atoms with Gasteiger partial charge in [0, 0.05) is 33.6 Å². The number of fused-ring (bicyclic) bond motifs is 2. The number of alkyl halides is 1. The van der Waals surface area contributed by atoms with Crippen LogP contribution in [0.5, 0.6) is 0 Å². The van der Waals surface area contributed by atoms with Crippen LogP contribution in [0.2, 0.25) is 5.15 Å². The minimum absolute atomic E-state index is 0.00994. The highest BCUT2D eigenvalue weighted by Gasteiger charge is 2.37. The molecule has 33 heavy (non-hydrogen) atoms. The van der Waals surface area contributed by atoms with Gasteiger partial charge in [-0.1, -0.05) is 60.2 Å². The van der Waals surface area contributed by atoms with Gasteiger partial charge in [0.15, 0.2) is 0 Å². The lowest BCUT2D eigenvalue weighted by molar-refractivity contribution is -0.122. The minimum atomic E-state index is -0.440. The Morgan fingerprint density at radius 1 is 0.879 bits per heavy atom. The van der Waals surface area contributed by atoms with Gasteiger partial charge in [-0.05, 0) is 25.0 Å². The molecule has 2 atom stereocenters. The Kier molecular flexibility index (Phi) is 4.71. The highest BCUT2D eigenvalue weighted by molar-refractivity contribution is 6.52. The zero-order valence-corrected chi connectivity index (χ0v) is 19.0. The largest absolute Gasteiger partial charge is 0.361 e. The van der Waals surface area contributed by atoms with Crippen molar-refractivity contribution in [2.75, 3.05) is 0 Å². The van der Waals surface area contributed by atoms with E-state index in [1.807, 2.05) is 59.2 Å². The van der Waals surface area contributed by atoms with Crippen LogP contribution in [0, 0.1) is 0 Å². The first-order valence-corrected chi connectivity index (χ1v) is 11.6. The normalized spacial score (nSPS) is 20.9. The summed E-state index contributed by atoms with van der Waals surface area (Å²) in [4.78, 5) is 29.4. The predicted molar refractivity (Wildman–Crippen MR) is 132 cm³/mol.